The van der Waals surface area contributed by atoms with Gasteiger partial charge in [0.2, 0.25) is 0 Å². The van der Waals surface area contributed by atoms with Crippen LogP contribution in [0.4, 0.5) is 24.5 Å². The van der Waals surface area contributed by atoms with Gasteiger partial charge in [0, 0.05) is 11.4 Å². The van der Waals surface area contributed by atoms with Gasteiger partial charge in [0.25, 0.3) is 0 Å². The number of halogens is 3. The summed E-state index contributed by atoms with van der Waals surface area (Å²) in [6.07, 6.45) is -4.57. The second kappa shape index (κ2) is 8.78. The van der Waals surface area contributed by atoms with Crippen LogP contribution in [0.1, 0.15) is 11.1 Å². The predicted octanol–water partition coefficient (Wildman–Crippen LogP) is 7.43. The van der Waals surface area contributed by atoms with Crippen LogP contribution in [0.25, 0.3) is 11.1 Å². The van der Waals surface area contributed by atoms with E-state index >= 15 is 0 Å². The Bertz CT molecular complexity index is 1270. The third-order valence-electron chi connectivity index (χ3n) is 5.01. The average Bonchev–Trinajstić information content (AvgIpc) is 2.77. The Kier molecular flexibility index (Phi) is 5.87. The van der Waals surface area contributed by atoms with Crippen molar-refractivity contribution in [1.82, 2.24) is 0 Å². The van der Waals surface area contributed by atoms with Gasteiger partial charge in [0.15, 0.2) is 0 Å². The maximum Gasteiger partial charge on any atom is 0.420 e. The van der Waals surface area contributed by atoms with Gasteiger partial charge in [0.1, 0.15) is 28.6 Å². The molecule has 0 aliphatic rings. The lowest BCUT2D eigenvalue weighted by atomic mass is 10.1. The molecule has 4 aromatic carbocycles. The number of alkyl halides is 3. The largest absolute Gasteiger partial charge is 0.457 e. The normalized spacial score (nSPS) is 11.3. The molecular formula is C26H21F3N2O2. The minimum atomic E-state index is -4.57. The molecule has 0 radical (unpaired) electrons. The molecular weight excluding hydrogens is 429 g/mol. The summed E-state index contributed by atoms with van der Waals surface area (Å²) in [4.78, 5) is 0. The number of hydrogen-bond acceptors (Lipinski definition) is 4. The van der Waals surface area contributed by atoms with E-state index in [9.17, 15) is 13.2 Å². The van der Waals surface area contributed by atoms with E-state index in [0.717, 1.165) is 28.5 Å². The van der Waals surface area contributed by atoms with Crippen molar-refractivity contribution < 1.29 is 22.6 Å². The number of hydrogen-bond donors (Lipinski definition) is 2. The van der Waals surface area contributed by atoms with Crippen molar-refractivity contribution in [2.24, 2.45) is 0 Å². The monoisotopic (exact) mass is 450 g/mol. The van der Waals surface area contributed by atoms with E-state index in [1.807, 2.05) is 43.3 Å². The van der Waals surface area contributed by atoms with Crippen molar-refractivity contribution in [3.63, 3.8) is 0 Å². The number of ether oxygens (including phenoxy) is 2. The van der Waals surface area contributed by atoms with Crippen LogP contribution in [0.5, 0.6) is 23.0 Å². The van der Waals surface area contributed by atoms with Crippen molar-refractivity contribution in [2.45, 2.75) is 13.1 Å². The van der Waals surface area contributed by atoms with Crippen molar-refractivity contribution in [2.75, 3.05) is 11.5 Å². The van der Waals surface area contributed by atoms with Crippen LogP contribution in [-0.4, -0.2) is 0 Å². The number of rotatable bonds is 5. The molecule has 0 heterocycles. The Labute approximate surface area is 189 Å². The summed E-state index contributed by atoms with van der Waals surface area (Å²) >= 11 is 0. The lowest BCUT2D eigenvalue weighted by Crippen LogP contribution is -2.08. The van der Waals surface area contributed by atoms with Crippen molar-refractivity contribution >= 4 is 11.4 Å². The summed E-state index contributed by atoms with van der Waals surface area (Å²) in [7, 11) is 0. The summed E-state index contributed by atoms with van der Waals surface area (Å²) in [6.45, 7) is 1.92. The Morgan fingerprint density at radius 1 is 0.606 bits per heavy atom. The first-order chi connectivity index (χ1) is 15.7. The van der Waals surface area contributed by atoms with Crippen LogP contribution in [0.15, 0.2) is 84.9 Å². The minimum absolute atomic E-state index is 0.0176. The number of benzene rings is 4. The highest BCUT2D eigenvalue weighted by Crippen LogP contribution is 2.39. The van der Waals surface area contributed by atoms with E-state index in [1.165, 1.54) is 12.1 Å². The molecule has 33 heavy (non-hydrogen) atoms. The van der Waals surface area contributed by atoms with E-state index < -0.39 is 11.7 Å². The lowest BCUT2D eigenvalue weighted by molar-refractivity contribution is -0.138. The van der Waals surface area contributed by atoms with E-state index in [-0.39, 0.29) is 17.2 Å². The van der Waals surface area contributed by atoms with Gasteiger partial charge >= 0.3 is 6.18 Å². The second-order valence-electron chi connectivity index (χ2n) is 7.53. The molecule has 7 heteroatoms. The summed E-state index contributed by atoms with van der Waals surface area (Å²) < 4.78 is 51.2. The van der Waals surface area contributed by atoms with Gasteiger partial charge < -0.3 is 20.9 Å². The minimum Gasteiger partial charge on any atom is -0.457 e. The molecule has 4 aromatic rings. The molecule has 0 aromatic heterocycles. The molecule has 0 aliphatic carbocycles. The van der Waals surface area contributed by atoms with Gasteiger partial charge in [-0.15, -0.1) is 0 Å². The van der Waals surface area contributed by atoms with E-state index in [2.05, 4.69) is 0 Å². The molecule has 0 atom stereocenters. The number of anilines is 2. The zero-order valence-corrected chi connectivity index (χ0v) is 17.7. The lowest BCUT2D eigenvalue weighted by Gasteiger charge is -2.14. The van der Waals surface area contributed by atoms with Crippen molar-refractivity contribution in [3.05, 3.63) is 96.1 Å². The van der Waals surface area contributed by atoms with E-state index in [4.69, 9.17) is 20.9 Å². The quantitative estimate of drug-likeness (QED) is 0.310. The Morgan fingerprint density at radius 3 is 1.55 bits per heavy atom. The number of nitrogen functional groups attached to an aromatic ring is 2. The first kappa shape index (κ1) is 22.1. The Morgan fingerprint density at radius 2 is 1.06 bits per heavy atom. The highest BCUT2D eigenvalue weighted by molar-refractivity contribution is 5.65. The standard InChI is InChI=1S/C26H21F3N2O2/c1-16-14-19(30)6-12-24(16)32-21-8-2-17(3-9-21)18-4-10-22(11-5-18)33-25-13-7-20(31)15-23(25)26(27,28)29/h2-15H,30-31H2,1H3. The topological polar surface area (TPSA) is 70.5 Å². The van der Waals surface area contributed by atoms with E-state index in [0.29, 0.717) is 11.4 Å². The Hall–Kier alpha value is -4.13. The van der Waals surface area contributed by atoms with Crippen LogP contribution in [0, 0.1) is 6.92 Å². The third-order valence-corrected chi connectivity index (χ3v) is 5.01. The fourth-order valence-corrected chi connectivity index (χ4v) is 3.33. The molecule has 0 aliphatic heterocycles. The first-order valence-corrected chi connectivity index (χ1v) is 10.1. The van der Waals surface area contributed by atoms with Crippen LogP contribution in [-0.2, 0) is 6.18 Å². The maximum atomic E-state index is 13.3. The second-order valence-corrected chi connectivity index (χ2v) is 7.53. The summed E-state index contributed by atoms with van der Waals surface area (Å²) in [5.41, 5.74) is 13.8. The van der Waals surface area contributed by atoms with Gasteiger partial charge in [0.05, 0.1) is 0 Å². The smallest absolute Gasteiger partial charge is 0.420 e. The van der Waals surface area contributed by atoms with Crippen LogP contribution < -0.4 is 20.9 Å². The highest BCUT2D eigenvalue weighted by Gasteiger charge is 2.34. The zero-order chi connectivity index (χ0) is 23.6. The summed E-state index contributed by atoms with van der Waals surface area (Å²) in [5, 5.41) is 0. The molecule has 0 fully saturated rings. The predicted molar refractivity (Wildman–Crippen MR) is 123 cm³/mol. The fraction of sp³-hybridized carbons (Fsp3) is 0.0769. The van der Waals surface area contributed by atoms with Gasteiger partial charge in [-0.3, -0.25) is 0 Å². The van der Waals surface area contributed by atoms with Crippen molar-refractivity contribution in [1.29, 1.82) is 0 Å². The van der Waals surface area contributed by atoms with Gasteiger partial charge in [-0.2, -0.15) is 13.2 Å². The summed E-state index contributed by atoms with van der Waals surface area (Å²) in [5.74, 6) is 1.38. The maximum absolute atomic E-state index is 13.3. The van der Waals surface area contributed by atoms with Gasteiger partial charge in [-0.1, -0.05) is 24.3 Å². The number of aryl methyl sites for hydroxylation is 1. The average molecular weight is 450 g/mol. The van der Waals surface area contributed by atoms with Gasteiger partial charge in [-0.25, -0.2) is 0 Å². The van der Waals surface area contributed by atoms with Gasteiger partial charge in [-0.05, 0) is 84.3 Å². The van der Waals surface area contributed by atoms with Crippen LogP contribution >= 0.6 is 0 Å². The van der Waals surface area contributed by atoms with Crippen LogP contribution in [0.3, 0.4) is 0 Å². The van der Waals surface area contributed by atoms with E-state index in [1.54, 1.807) is 30.3 Å². The third kappa shape index (κ3) is 5.20. The molecule has 0 spiro atoms. The SMILES string of the molecule is Cc1cc(N)ccc1Oc1ccc(-c2ccc(Oc3ccc(N)cc3C(F)(F)F)cc2)cc1. The molecule has 168 valence electrons. The highest BCUT2D eigenvalue weighted by atomic mass is 19.4. The summed E-state index contributed by atoms with van der Waals surface area (Å²) in [6, 6.07) is 23.2. The molecule has 0 saturated heterocycles. The number of nitrogens with two attached hydrogens (primary N) is 2. The molecule has 0 saturated carbocycles. The van der Waals surface area contributed by atoms with Crippen LogP contribution in [0.2, 0.25) is 0 Å². The molecule has 4 rings (SSSR count). The molecule has 4 N–H and O–H groups in total. The first-order valence-electron chi connectivity index (χ1n) is 10.1. The zero-order valence-electron chi connectivity index (χ0n) is 17.7. The fourth-order valence-electron chi connectivity index (χ4n) is 3.33. The molecule has 4 nitrogen and oxygen atoms in total. The van der Waals surface area contributed by atoms with Crippen molar-refractivity contribution in [3.8, 4) is 34.1 Å². The Balaban J connectivity index is 1.49. The molecule has 0 unspecified atom stereocenters. The molecule has 0 amide bonds. The molecule has 0 bridgehead atoms.